The number of hydrogen-bond donors (Lipinski definition) is 1. The van der Waals surface area contributed by atoms with Crippen LogP contribution in [0.15, 0.2) is 97.7 Å². The van der Waals surface area contributed by atoms with Gasteiger partial charge in [0.2, 0.25) is 5.58 Å². The molecule has 0 saturated carbocycles. The Bertz CT molecular complexity index is 1780. The van der Waals surface area contributed by atoms with Gasteiger partial charge < -0.3 is 18.9 Å². The minimum absolute atomic E-state index is 0.486. The Balaban J connectivity index is 1.82. The highest BCUT2D eigenvalue weighted by molar-refractivity contribution is 6.29. The van der Waals surface area contributed by atoms with Gasteiger partial charge in [-0.05, 0) is 37.6 Å². The highest BCUT2D eigenvalue weighted by atomic mass is 16.5. The molecule has 6 rings (SSSR count). The van der Waals surface area contributed by atoms with E-state index in [0.29, 0.717) is 34.1 Å². The summed E-state index contributed by atoms with van der Waals surface area (Å²) in [5.74, 6) is 1.86. The molecule has 0 fully saturated rings. The van der Waals surface area contributed by atoms with E-state index in [0.717, 1.165) is 58.3 Å². The van der Waals surface area contributed by atoms with Gasteiger partial charge in [-0.25, -0.2) is 4.99 Å². The van der Waals surface area contributed by atoms with Crippen molar-refractivity contribution in [3.63, 3.8) is 0 Å². The van der Waals surface area contributed by atoms with E-state index in [9.17, 15) is 0 Å². The number of fused-ring (bicyclic) bond motifs is 6. The van der Waals surface area contributed by atoms with Gasteiger partial charge in [0.25, 0.3) is 0 Å². The predicted octanol–water partition coefficient (Wildman–Crippen LogP) is 8.66. The van der Waals surface area contributed by atoms with Crippen LogP contribution in [0.25, 0.3) is 33.1 Å². The van der Waals surface area contributed by atoms with Crippen molar-refractivity contribution in [1.82, 2.24) is 0 Å². The molecule has 0 amide bonds. The normalized spacial score (nSPS) is 13.7. The minimum Gasteiger partial charge on any atom is -0.452 e. The fraction of sp³-hybridized carbons (Fsp3) is 0.188. The smallest absolute Gasteiger partial charge is 0.215 e. The molecule has 0 bridgehead atoms. The van der Waals surface area contributed by atoms with Crippen molar-refractivity contribution >= 4 is 50.3 Å². The van der Waals surface area contributed by atoms with Crippen molar-refractivity contribution in [2.45, 2.75) is 26.7 Å². The Morgan fingerprint density at radius 1 is 0.816 bits per heavy atom. The number of unbranched alkanes of at least 4 members (excludes halogenated alkanes) is 1. The van der Waals surface area contributed by atoms with Gasteiger partial charge in [0.05, 0.1) is 17.0 Å². The molecule has 0 aliphatic carbocycles. The first-order chi connectivity index (χ1) is 18.7. The lowest BCUT2D eigenvalue weighted by molar-refractivity contribution is 0.474. The molecule has 2 heterocycles. The third kappa shape index (κ3) is 4.08. The minimum atomic E-state index is 0.486. The average Bonchev–Trinajstić information content (AvgIpc) is 3.28. The van der Waals surface area contributed by atoms with Crippen molar-refractivity contribution in [2.75, 3.05) is 18.9 Å². The summed E-state index contributed by atoms with van der Waals surface area (Å²) in [6.07, 6.45) is 2.07. The monoisotopic (exact) mass is 503 g/mol. The van der Waals surface area contributed by atoms with Crippen LogP contribution in [0.4, 0.5) is 5.69 Å². The summed E-state index contributed by atoms with van der Waals surface area (Å²) < 4.78 is 20.1. The summed E-state index contributed by atoms with van der Waals surface area (Å²) in [6.45, 7) is 4.95. The van der Waals surface area contributed by atoms with Gasteiger partial charge >= 0.3 is 0 Å². The topological polar surface area (TPSA) is 72.3 Å². The Hall–Kier alpha value is -4.58. The third-order valence-corrected chi connectivity index (χ3v) is 6.72. The molecular weight excluding hydrogens is 474 g/mol. The molecule has 0 spiro atoms. The quantitative estimate of drug-likeness (QED) is 0.235. The van der Waals surface area contributed by atoms with E-state index >= 15 is 0 Å². The van der Waals surface area contributed by atoms with E-state index < -0.39 is 0 Å². The zero-order valence-corrected chi connectivity index (χ0v) is 21.7. The maximum absolute atomic E-state index is 6.75. The molecular formula is C32H29N3O3. The number of benzene rings is 4. The first-order valence-electron chi connectivity index (χ1n) is 13.0. The van der Waals surface area contributed by atoms with E-state index in [1.807, 2.05) is 85.8 Å². The molecule has 0 unspecified atom stereocenters. The van der Waals surface area contributed by atoms with Crippen molar-refractivity contribution in [1.29, 1.82) is 0 Å². The van der Waals surface area contributed by atoms with Gasteiger partial charge in [-0.15, -0.1) is 0 Å². The molecule has 0 atom stereocenters. The Kier molecular flexibility index (Phi) is 6.30. The fourth-order valence-corrected chi connectivity index (χ4v) is 4.92. The summed E-state index contributed by atoms with van der Waals surface area (Å²) in [7, 11) is 1.75. The van der Waals surface area contributed by atoms with Crippen LogP contribution in [0.2, 0.25) is 0 Å². The predicted molar refractivity (Wildman–Crippen MR) is 156 cm³/mol. The molecule has 1 aromatic heterocycles. The number of para-hydroxylation sites is 3. The zero-order valence-electron chi connectivity index (χ0n) is 21.7. The Labute approximate surface area is 221 Å². The molecule has 5 aromatic rings. The molecule has 6 nitrogen and oxygen atoms in total. The van der Waals surface area contributed by atoms with E-state index in [1.165, 1.54) is 0 Å². The van der Waals surface area contributed by atoms with Crippen LogP contribution in [0.3, 0.4) is 0 Å². The van der Waals surface area contributed by atoms with Crippen molar-refractivity contribution in [3.8, 4) is 11.5 Å². The Morgan fingerprint density at radius 2 is 1.45 bits per heavy atom. The summed E-state index contributed by atoms with van der Waals surface area (Å²) in [5.41, 5.74) is 5.85. The lowest BCUT2D eigenvalue weighted by Gasteiger charge is -2.19. The second kappa shape index (κ2) is 10.1. The Morgan fingerprint density at radius 3 is 2.11 bits per heavy atom. The number of ether oxygens (including phenoxy) is 1. The molecule has 6 heteroatoms. The zero-order chi connectivity index (χ0) is 26.1. The number of anilines is 1. The first-order valence-corrected chi connectivity index (χ1v) is 13.0. The standard InChI is InChI=1S/C32H29N3O3/c1-4-5-19-34-28-26-20(2)35-32(33-3)27(26)29-31(30(28)36-21-13-7-6-8-14-21)38-25-18-12-10-16-23(25)22-15-9-11-17-24(22)37-29/h6-18,34H,4-5,19H2,1-3H3. The summed E-state index contributed by atoms with van der Waals surface area (Å²) in [4.78, 5) is 9.33. The van der Waals surface area contributed by atoms with Gasteiger partial charge in [0.1, 0.15) is 16.9 Å². The highest BCUT2D eigenvalue weighted by Gasteiger charge is 2.32. The van der Waals surface area contributed by atoms with Crippen LogP contribution in [0, 0.1) is 0 Å². The van der Waals surface area contributed by atoms with E-state index in [1.54, 1.807) is 7.05 Å². The van der Waals surface area contributed by atoms with E-state index in [-0.39, 0.29) is 0 Å². The molecule has 38 heavy (non-hydrogen) atoms. The fourth-order valence-electron chi connectivity index (χ4n) is 4.92. The molecule has 1 aliphatic heterocycles. The van der Waals surface area contributed by atoms with Gasteiger partial charge in [-0.3, -0.25) is 4.99 Å². The van der Waals surface area contributed by atoms with Crippen molar-refractivity contribution in [2.24, 2.45) is 9.98 Å². The SMILES string of the molecule is CCCCNc1c2c(c3oc4ccccc4c4ccccc4oc3c1Oc1ccccc1)C(=NC)N=C2C. The molecule has 4 aromatic carbocycles. The highest BCUT2D eigenvalue weighted by Crippen LogP contribution is 2.46. The van der Waals surface area contributed by atoms with Crippen LogP contribution in [0.1, 0.15) is 37.8 Å². The summed E-state index contributed by atoms with van der Waals surface area (Å²) >= 11 is 0. The summed E-state index contributed by atoms with van der Waals surface area (Å²) in [6, 6.07) is 25.7. The third-order valence-electron chi connectivity index (χ3n) is 6.72. The molecule has 1 N–H and O–H groups in total. The number of aliphatic imine (C=N–C) groups is 2. The van der Waals surface area contributed by atoms with E-state index in [2.05, 4.69) is 17.2 Å². The van der Waals surface area contributed by atoms with Gasteiger partial charge in [-0.2, -0.15) is 0 Å². The van der Waals surface area contributed by atoms with Crippen LogP contribution < -0.4 is 10.1 Å². The van der Waals surface area contributed by atoms with Gasteiger partial charge in [-0.1, -0.05) is 67.9 Å². The number of hydrogen-bond acceptors (Lipinski definition) is 5. The molecule has 1 aliphatic rings. The van der Waals surface area contributed by atoms with Crippen LogP contribution in [-0.2, 0) is 0 Å². The van der Waals surface area contributed by atoms with Crippen molar-refractivity contribution < 1.29 is 13.6 Å². The van der Waals surface area contributed by atoms with Gasteiger partial charge in [0.15, 0.2) is 17.2 Å². The number of nitrogens with one attached hydrogen (secondary N) is 1. The molecule has 0 radical (unpaired) electrons. The van der Waals surface area contributed by atoms with Crippen LogP contribution in [0.5, 0.6) is 11.5 Å². The molecule has 0 saturated heterocycles. The lowest BCUT2D eigenvalue weighted by atomic mass is 10.0. The number of nitrogens with zero attached hydrogens (tertiary/aromatic N) is 2. The van der Waals surface area contributed by atoms with Crippen molar-refractivity contribution in [3.05, 3.63) is 90.0 Å². The van der Waals surface area contributed by atoms with Gasteiger partial charge in [0, 0.05) is 29.9 Å². The average molecular weight is 504 g/mol. The molecule has 190 valence electrons. The number of rotatable bonds is 6. The largest absolute Gasteiger partial charge is 0.452 e. The number of amidine groups is 1. The van der Waals surface area contributed by atoms with Crippen LogP contribution in [-0.4, -0.2) is 25.1 Å². The van der Waals surface area contributed by atoms with Crippen LogP contribution >= 0.6 is 0 Å². The first kappa shape index (κ1) is 23.8. The van der Waals surface area contributed by atoms with E-state index in [4.69, 9.17) is 18.6 Å². The maximum Gasteiger partial charge on any atom is 0.215 e. The second-order valence-corrected chi connectivity index (χ2v) is 9.25. The second-order valence-electron chi connectivity index (χ2n) is 9.25. The maximum atomic E-state index is 6.75. The summed E-state index contributed by atoms with van der Waals surface area (Å²) in [5, 5.41) is 5.53. The lowest BCUT2D eigenvalue weighted by Crippen LogP contribution is -2.10.